The van der Waals surface area contributed by atoms with Crippen LogP contribution in [0.25, 0.3) is 21.8 Å². The monoisotopic (exact) mass is 485 g/mol. The molecule has 1 N–H and O–H groups in total. The van der Waals surface area contributed by atoms with Crippen LogP contribution in [0.4, 0.5) is 0 Å². The molecule has 0 fully saturated rings. The van der Waals surface area contributed by atoms with Gasteiger partial charge in [0, 0.05) is 29.0 Å². The number of H-pyrrole nitrogens is 1. The van der Waals surface area contributed by atoms with Gasteiger partial charge in [-0.3, -0.25) is 0 Å². The number of hydrogen-bond acceptors (Lipinski definition) is 10. The van der Waals surface area contributed by atoms with Gasteiger partial charge in [-0.1, -0.05) is 41.7 Å². The highest BCUT2D eigenvalue weighted by atomic mass is 32.2. The number of aromatic nitrogens is 5. The van der Waals surface area contributed by atoms with E-state index in [1.807, 2.05) is 36.8 Å². The number of aromatic amines is 1. The fourth-order valence-electron chi connectivity index (χ4n) is 3.39. The van der Waals surface area contributed by atoms with E-state index >= 15 is 0 Å². The SMILES string of the molecule is COCc1c(C(=O)OC(C)C)nc(Oc2nc(SC)nc(SC)n2)c2[nH]c3ccccc3c12. The number of nitrogens with one attached hydrogen (secondary N) is 1. The van der Waals surface area contributed by atoms with Crippen molar-refractivity contribution in [1.29, 1.82) is 0 Å². The first kappa shape index (κ1) is 23.3. The standard InChI is InChI=1S/C22H23N5O4S2/c1-11(2)30-19(28)16-13(10-29-3)15-12-8-6-7-9-14(12)23-17(15)18(24-16)31-20-25-21(32-4)27-22(26-20)33-5/h6-9,11,23H,10H2,1-5H3. The highest BCUT2D eigenvalue weighted by molar-refractivity contribution is 7.99. The summed E-state index contributed by atoms with van der Waals surface area (Å²) in [5.41, 5.74) is 2.23. The zero-order valence-corrected chi connectivity index (χ0v) is 20.5. The average molecular weight is 486 g/mol. The van der Waals surface area contributed by atoms with Crippen molar-refractivity contribution in [2.24, 2.45) is 0 Å². The molecule has 33 heavy (non-hydrogen) atoms. The molecule has 4 rings (SSSR count). The maximum atomic E-state index is 13.0. The average Bonchev–Trinajstić information content (AvgIpc) is 3.20. The van der Waals surface area contributed by atoms with Gasteiger partial charge in [0.05, 0.1) is 12.7 Å². The molecule has 4 aromatic rings. The lowest BCUT2D eigenvalue weighted by molar-refractivity contribution is 0.0365. The number of fused-ring (bicyclic) bond motifs is 3. The van der Waals surface area contributed by atoms with Crippen molar-refractivity contribution < 1.29 is 19.0 Å². The second-order valence-corrected chi connectivity index (χ2v) is 8.79. The Morgan fingerprint density at radius 2 is 1.76 bits per heavy atom. The van der Waals surface area contributed by atoms with E-state index in [9.17, 15) is 4.79 Å². The summed E-state index contributed by atoms with van der Waals surface area (Å²) < 4.78 is 17.0. The Balaban J connectivity index is 1.97. The molecule has 9 nitrogen and oxygen atoms in total. The summed E-state index contributed by atoms with van der Waals surface area (Å²) >= 11 is 2.76. The molecule has 0 aliphatic heterocycles. The highest BCUT2D eigenvalue weighted by Gasteiger charge is 2.25. The lowest BCUT2D eigenvalue weighted by atomic mass is 10.1. The van der Waals surface area contributed by atoms with E-state index in [0.717, 1.165) is 16.3 Å². The number of pyridine rings is 1. The molecular formula is C22H23N5O4S2. The van der Waals surface area contributed by atoms with Crippen LogP contribution in [-0.4, -0.2) is 56.6 Å². The third-order valence-corrected chi connectivity index (χ3v) is 5.77. The van der Waals surface area contributed by atoms with Gasteiger partial charge in [0.1, 0.15) is 5.52 Å². The lowest BCUT2D eigenvalue weighted by Gasteiger charge is -2.14. The Hall–Kier alpha value is -2.89. The van der Waals surface area contributed by atoms with Crippen molar-refractivity contribution >= 4 is 51.3 Å². The molecule has 0 saturated heterocycles. The highest BCUT2D eigenvalue weighted by Crippen LogP contribution is 2.37. The van der Waals surface area contributed by atoms with Gasteiger partial charge in [0.2, 0.25) is 5.88 Å². The van der Waals surface area contributed by atoms with E-state index in [2.05, 4.69) is 24.9 Å². The Kier molecular flexibility index (Phi) is 7.01. The van der Waals surface area contributed by atoms with Crippen molar-refractivity contribution in [2.45, 2.75) is 36.9 Å². The number of carbonyl (C=O) groups is 1. The topological polar surface area (TPSA) is 112 Å². The number of hydrogen-bond donors (Lipinski definition) is 1. The largest absolute Gasteiger partial charge is 0.458 e. The Bertz CT molecular complexity index is 1300. The fraction of sp³-hybridized carbons (Fsp3) is 0.318. The van der Waals surface area contributed by atoms with E-state index in [1.165, 1.54) is 23.5 Å². The van der Waals surface area contributed by atoms with Gasteiger partial charge in [-0.2, -0.15) is 15.0 Å². The molecule has 0 spiro atoms. The summed E-state index contributed by atoms with van der Waals surface area (Å²) in [5, 5.41) is 2.73. The molecule has 172 valence electrons. The number of benzene rings is 1. The zero-order valence-electron chi connectivity index (χ0n) is 18.8. The minimum Gasteiger partial charge on any atom is -0.458 e. The van der Waals surface area contributed by atoms with E-state index in [-0.39, 0.29) is 30.3 Å². The molecule has 0 radical (unpaired) electrons. The first-order valence-corrected chi connectivity index (χ1v) is 12.5. The number of esters is 1. The second kappa shape index (κ2) is 9.94. The lowest BCUT2D eigenvalue weighted by Crippen LogP contribution is -2.16. The van der Waals surface area contributed by atoms with E-state index < -0.39 is 5.97 Å². The van der Waals surface area contributed by atoms with Crippen LogP contribution in [0.2, 0.25) is 0 Å². The number of thioether (sulfide) groups is 2. The van der Waals surface area contributed by atoms with Crippen LogP contribution in [0.1, 0.15) is 29.9 Å². The molecule has 3 aromatic heterocycles. The Labute approximate surface area is 199 Å². The maximum Gasteiger partial charge on any atom is 0.357 e. The third-order valence-electron chi connectivity index (χ3n) is 4.67. The number of carbonyl (C=O) groups excluding carboxylic acids is 1. The van der Waals surface area contributed by atoms with Gasteiger partial charge in [0.15, 0.2) is 16.0 Å². The van der Waals surface area contributed by atoms with Crippen LogP contribution in [-0.2, 0) is 16.1 Å². The maximum absolute atomic E-state index is 13.0. The second-order valence-electron chi connectivity index (χ2n) is 7.25. The normalized spacial score (nSPS) is 11.5. The van der Waals surface area contributed by atoms with Gasteiger partial charge < -0.3 is 19.2 Å². The van der Waals surface area contributed by atoms with Gasteiger partial charge in [-0.15, -0.1) is 0 Å². The summed E-state index contributed by atoms with van der Waals surface area (Å²) in [6, 6.07) is 7.86. The van der Waals surface area contributed by atoms with Crippen LogP contribution in [0.5, 0.6) is 11.9 Å². The third kappa shape index (κ3) is 4.75. The first-order valence-electron chi connectivity index (χ1n) is 10.1. The number of methoxy groups -OCH3 is 1. The van der Waals surface area contributed by atoms with E-state index in [0.29, 0.717) is 21.4 Å². The molecule has 0 amide bonds. The van der Waals surface area contributed by atoms with Crippen LogP contribution < -0.4 is 4.74 Å². The summed E-state index contributed by atoms with van der Waals surface area (Å²) in [6.07, 6.45) is 3.43. The van der Waals surface area contributed by atoms with Crippen LogP contribution in [0.3, 0.4) is 0 Å². The van der Waals surface area contributed by atoms with E-state index in [1.54, 1.807) is 21.0 Å². The molecule has 1 aromatic carbocycles. The molecule has 3 heterocycles. The van der Waals surface area contributed by atoms with Crippen molar-refractivity contribution in [3.63, 3.8) is 0 Å². The minimum atomic E-state index is -0.556. The zero-order chi connectivity index (χ0) is 23.5. The number of nitrogens with zero attached hydrogens (tertiary/aromatic N) is 4. The van der Waals surface area contributed by atoms with E-state index in [4.69, 9.17) is 14.2 Å². The van der Waals surface area contributed by atoms with Crippen LogP contribution in [0, 0.1) is 0 Å². The fourth-order valence-corrected chi connectivity index (χ4v) is 4.14. The van der Waals surface area contributed by atoms with Gasteiger partial charge in [-0.25, -0.2) is 9.78 Å². The van der Waals surface area contributed by atoms with Crippen LogP contribution >= 0.6 is 23.5 Å². The first-order chi connectivity index (χ1) is 15.9. The molecular weight excluding hydrogens is 462 g/mol. The predicted molar refractivity (Wildman–Crippen MR) is 128 cm³/mol. The summed E-state index contributed by atoms with van der Waals surface area (Å²) in [5.74, 6) is -0.388. The summed E-state index contributed by atoms with van der Waals surface area (Å²) in [7, 11) is 1.57. The Morgan fingerprint density at radius 3 is 2.39 bits per heavy atom. The van der Waals surface area contributed by atoms with Crippen molar-refractivity contribution in [3.8, 4) is 11.9 Å². The number of para-hydroxylation sites is 1. The predicted octanol–water partition coefficient (Wildman–Crippen LogP) is 4.85. The van der Waals surface area contributed by atoms with Crippen molar-refractivity contribution in [1.82, 2.24) is 24.9 Å². The molecule has 0 aliphatic carbocycles. The van der Waals surface area contributed by atoms with Crippen molar-refractivity contribution in [3.05, 3.63) is 35.5 Å². The molecule has 0 atom stereocenters. The summed E-state index contributed by atoms with van der Waals surface area (Å²) in [4.78, 5) is 33.9. The Morgan fingerprint density at radius 1 is 1.06 bits per heavy atom. The minimum absolute atomic E-state index is 0.0915. The number of ether oxygens (including phenoxy) is 3. The van der Waals surface area contributed by atoms with Crippen LogP contribution in [0.15, 0.2) is 34.6 Å². The molecule has 11 heteroatoms. The summed E-state index contributed by atoms with van der Waals surface area (Å²) in [6.45, 7) is 3.75. The molecule has 0 unspecified atom stereocenters. The van der Waals surface area contributed by atoms with Gasteiger partial charge >= 0.3 is 12.0 Å². The quantitative estimate of drug-likeness (QED) is 0.274. The molecule has 0 aliphatic rings. The van der Waals surface area contributed by atoms with Gasteiger partial charge in [0.25, 0.3) is 0 Å². The van der Waals surface area contributed by atoms with Gasteiger partial charge in [-0.05, 0) is 32.4 Å². The number of rotatable bonds is 8. The molecule has 0 bridgehead atoms. The smallest absolute Gasteiger partial charge is 0.357 e. The van der Waals surface area contributed by atoms with Crippen molar-refractivity contribution in [2.75, 3.05) is 19.6 Å². The molecule has 0 saturated carbocycles.